The minimum absolute atomic E-state index is 0.00491. The summed E-state index contributed by atoms with van der Waals surface area (Å²) < 4.78 is 37.5. The number of hydrogen-bond acceptors (Lipinski definition) is 5. The van der Waals surface area contributed by atoms with E-state index in [0.29, 0.717) is 5.02 Å². The largest absolute Gasteiger partial charge is 0.422 e. The van der Waals surface area contributed by atoms with E-state index in [-0.39, 0.29) is 49.8 Å². The van der Waals surface area contributed by atoms with Gasteiger partial charge in [0, 0.05) is 24.7 Å². The van der Waals surface area contributed by atoms with Crippen LogP contribution >= 0.6 is 11.6 Å². The molecule has 0 aliphatic heterocycles. The van der Waals surface area contributed by atoms with Crippen molar-refractivity contribution in [2.45, 2.75) is 33.0 Å². The first kappa shape index (κ1) is 23.7. The van der Waals surface area contributed by atoms with Crippen LogP contribution in [0, 0.1) is 11.6 Å². The Morgan fingerprint density at radius 1 is 1.06 bits per heavy atom. The van der Waals surface area contributed by atoms with Crippen molar-refractivity contribution in [3.63, 3.8) is 0 Å². The summed E-state index contributed by atoms with van der Waals surface area (Å²) in [5.41, 5.74) is -0.384. The number of rotatable bonds is 8. The maximum absolute atomic E-state index is 14.3. The lowest BCUT2D eigenvalue weighted by Crippen LogP contribution is -2.40. The van der Waals surface area contributed by atoms with Gasteiger partial charge in [0.05, 0.1) is 6.54 Å². The molecule has 2 aromatic heterocycles. The van der Waals surface area contributed by atoms with Crippen LogP contribution in [0.15, 0.2) is 52.1 Å². The van der Waals surface area contributed by atoms with Crippen molar-refractivity contribution in [3.8, 4) is 11.8 Å². The fourth-order valence-electron chi connectivity index (χ4n) is 3.64. The Morgan fingerprint density at radius 2 is 1.79 bits per heavy atom. The minimum atomic E-state index is -1.21. The van der Waals surface area contributed by atoms with Gasteiger partial charge in [-0.3, -0.25) is 18.5 Å². The molecule has 0 aliphatic carbocycles. The highest BCUT2D eigenvalue weighted by Crippen LogP contribution is 2.28. The SMILES string of the molecule is CCn1c(=O)n(CCCO)c(=O)c2c1nc(Oc1cccc(F)c1F)n2Cc1ccc(Cl)cc1. The summed E-state index contributed by atoms with van der Waals surface area (Å²) in [7, 11) is 0. The van der Waals surface area contributed by atoms with Crippen molar-refractivity contribution in [2.24, 2.45) is 0 Å². The third-order valence-electron chi connectivity index (χ3n) is 5.31. The van der Waals surface area contributed by atoms with Crippen LogP contribution in [-0.4, -0.2) is 30.4 Å². The Hall–Kier alpha value is -3.50. The van der Waals surface area contributed by atoms with Crippen LogP contribution in [0.3, 0.4) is 0 Å². The Labute approximate surface area is 197 Å². The van der Waals surface area contributed by atoms with Crippen LogP contribution < -0.4 is 16.0 Å². The normalized spacial score (nSPS) is 11.3. The molecule has 0 saturated heterocycles. The van der Waals surface area contributed by atoms with Crippen molar-refractivity contribution >= 4 is 22.8 Å². The third kappa shape index (κ3) is 4.34. The summed E-state index contributed by atoms with van der Waals surface area (Å²) in [6.45, 7) is 1.79. The van der Waals surface area contributed by atoms with Gasteiger partial charge in [0.2, 0.25) is 5.82 Å². The molecule has 4 rings (SSSR count). The Kier molecular flexibility index (Phi) is 6.80. The number of nitrogens with zero attached hydrogens (tertiary/aromatic N) is 4. The molecule has 178 valence electrons. The first-order valence-corrected chi connectivity index (χ1v) is 10.9. The first-order valence-electron chi connectivity index (χ1n) is 10.6. The lowest BCUT2D eigenvalue weighted by Gasteiger charge is -2.12. The van der Waals surface area contributed by atoms with Crippen molar-refractivity contribution < 1.29 is 18.6 Å². The molecule has 0 amide bonds. The molecule has 34 heavy (non-hydrogen) atoms. The van der Waals surface area contributed by atoms with Crippen LogP contribution in [0.5, 0.6) is 11.8 Å². The van der Waals surface area contributed by atoms with E-state index < -0.39 is 28.6 Å². The maximum atomic E-state index is 14.3. The van der Waals surface area contributed by atoms with Crippen molar-refractivity contribution in [2.75, 3.05) is 6.61 Å². The number of fused-ring (bicyclic) bond motifs is 1. The van der Waals surface area contributed by atoms with Crippen molar-refractivity contribution in [1.29, 1.82) is 0 Å². The zero-order chi connectivity index (χ0) is 24.4. The highest BCUT2D eigenvalue weighted by molar-refractivity contribution is 6.30. The molecule has 4 aromatic rings. The van der Waals surface area contributed by atoms with E-state index in [1.54, 1.807) is 31.2 Å². The van der Waals surface area contributed by atoms with Gasteiger partial charge in [-0.05, 0) is 43.2 Å². The number of aliphatic hydroxyl groups is 1. The lowest BCUT2D eigenvalue weighted by molar-refractivity contribution is 0.277. The molecule has 0 spiro atoms. The van der Waals surface area contributed by atoms with Crippen LogP contribution in [0.25, 0.3) is 11.2 Å². The molecular formula is C23H21ClF2N4O4. The predicted molar refractivity (Wildman–Crippen MR) is 123 cm³/mol. The molecule has 2 heterocycles. The zero-order valence-electron chi connectivity index (χ0n) is 18.2. The van der Waals surface area contributed by atoms with Crippen molar-refractivity contribution in [3.05, 3.63) is 85.5 Å². The number of halogens is 3. The third-order valence-corrected chi connectivity index (χ3v) is 5.56. The monoisotopic (exact) mass is 490 g/mol. The standard InChI is InChI=1S/C23H21ClF2N4O4/c1-2-28-20-19(21(32)29(23(28)33)11-4-12-31)30(13-14-7-9-15(24)10-8-14)22(27-20)34-17-6-3-5-16(25)18(17)26/h3,5-10,31H,2,4,11-13H2,1H3. The summed E-state index contributed by atoms with van der Waals surface area (Å²) in [5.74, 6) is -2.73. The van der Waals surface area contributed by atoms with Crippen LogP contribution in [-0.2, 0) is 19.6 Å². The molecule has 0 fully saturated rings. The van der Waals surface area contributed by atoms with E-state index in [2.05, 4.69) is 4.98 Å². The summed E-state index contributed by atoms with van der Waals surface area (Å²) >= 11 is 5.98. The fourth-order valence-corrected chi connectivity index (χ4v) is 3.77. The van der Waals surface area contributed by atoms with E-state index in [4.69, 9.17) is 16.3 Å². The second-order valence-corrected chi connectivity index (χ2v) is 7.93. The van der Waals surface area contributed by atoms with Crippen LogP contribution in [0.1, 0.15) is 18.9 Å². The maximum Gasteiger partial charge on any atom is 0.332 e. The highest BCUT2D eigenvalue weighted by atomic mass is 35.5. The number of aliphatic hydroxyl groups excluding tert-OH is 1. The smallest absolute Gasteiger partial charge is 0.332 e. The summed E-state index contributed by atoms with van der Waals surface area (Å²) in [5, 5.41) is 9.72. The van der Waals surface area contributed by atoms with Gasteiger partial charge in [0.15, 0.2) is 22.7 Å². The van der Waals surface area contributed by atoms with Gasteiger partial charge in [0.25, 0.3) is 5.56 Å². The Morgan fingerprint density at radius 3 is 2.47 bits per heavy atom. The van der Waals surface area contributed by atoms with E-state index in [1.165, 1.54) is 21.3 Å². The molecule has 11 heteroatoms. The Balaban J connectivity index is 1.98. The minimum Gasteiger partial charge on any atom is -0.422 e. The number of ether oxygens (including phenoxy) is 1. The van der Waals surface area contributed by atoms with Gasteiger partial charge < -0.3 is 9.84 Å². The van der Waals surface area contributed by atoms with Gasteiger partial charge in [-0.1, -0.05) is 29.8 Å². The molecule has 0 aliphatic rings. The van der Waals surface area contributed by atoms with E-state index in [1.807, 2.05) is 0 Å². The zero-order valence-corrected chi connectivity index (χ0v) is 18.9. The summed E-state index contributed by atoms with van der Waals surface area (Å²) in [6.07, 6.45) is 0.202. The van der Waals surface area contributed by atoms with Gasteiger partial charge in [-0.25, -0.2) is 9.18 Å². The average molecular weight is 491 g/mol. The number of benzene rings is 2. The average Bonchev–Trinajstić information content (AvgIpc) is 3.16. The van der Waals surface area contributed by atoms with E-state index in [0.717, 1.165) is 16.2 Å². The van der Waals surface area contributed by atoms with Gasteiger partial charge in [-0.15, -0.1) is 0 Å². The molecule has 0 saturated carbocycles. The fraction of sp³-hybridized carbons (Fsp3) is 0.261. The summed E-state index contributed by atoms with van der Waals surface area (Å²) in [4.78, 5) is 30.6. The molecule has 2 aromatic carbocycles. The van der Waals surface area contributed by atoms with Crippen LogP contribution in [0.2, 0.25) is 5.02 Å². The number of imidazole rings is 1. The first-order chi connectivity index (χ1) is 16.3. The van der Waals surface area contributed by atoms with Gasteiger partial charge in [-0.2, -0.15) is 9.37 Å². The number of aryl methyl sites for hydroxylation is 1. The van der Waals surface area contributed by atoms with E-state index >= 15 is 0 Å². The van der Waals surface area contributed by atoms with Gasteiger partial charge in [0.1, 0.15) is 0 Å². The topological polar surface area (TPSA) is 91.3 Å². The highest BCUT2D eigenvalue weighted by Gasteiger charge is 2.23. The molecule has 8 nitrogen and oxygen atoms in total. The van der Waals surface area contributed by atoms with E-state index in [9.17, 15) is 23.5 Å². The predicted octanol–water partition coefficient (Wildman–Crippen LogP) is 3.53. The lowest BCUT2D eigenvalue weighted by atomic mass is 10.2. The molecular weight excluding hydrogens is 470 g/mol. The molecule has 0 radical (unpaired) electrons. The van der Waals surface area contributed by atoms with Crippen LogP contribution in [0.4, 0.5) is 8.78 Å². The molecule has 0 unspecified atom stereocenters. The quantitative estimate of drug-likeness (QED) is 0.408. The molecule has 0 bridgehead atoms. The second-order valence-electron chi connectivity index (χ2n) is 7.49. The van der Waals surface area contributed by atoms with Gasteiger partial charge >= 0.3 is 11.7 Å². The number of aromatic nitrogens is 4. The number of hydrogen-bond donors (Lipinski definition) is 1. The second kappa shape index (κ2) is 9.78. The molecule has 1 N–H and O–H groups in total. The molecule has 0 atom stereocenters. The summed E-state index contributed by atoms with van der Waals surface area (Å²) in [6, 6.07) is 10.1. The van der Waals surface area contributed by atoms with Crippen molar-refractivity contribution in [1.82, 2.24) is 18.7 Å². The Bertz CT molecular complexity index is 1460.